The van der Waals surface area contributed by atoms with Gasteiger partial charge in [0, 0.05) is 33.0 Å². The van der Waals surface area contributed by atoms with Crippen LogP contribution in [-0.4, -0.2) is 95.3 Å². The van der Waals surface area contributed by atoms with Crippen molar-refractivity contribution in [1.82, 2.24) is 4.90 Å². The largest absolute Gasteiger partial charge is 0.397 e. The van der Waals surface area contributed by atoms with E-state index in [-0.39, 0.29) is 12.7 Å². The van der Waals surface area contributed by atoms with E-state index in [4.69, 9.17) is 25.2 Å². The summed E-state index contributed by atoms with van der Waals surface area (Å²) in [5, 5.41) is 43.1. The summed E-state index contributed by atoms with van der Waals surface area (Å²) in [6.45, 7) is 18.3. The topological polar surface area (TPSA) is 114 Å². The molecule has 2 atom stereocenters. The summed E-state index contributed by atoms with van der Waals surface area (Å²) in [5.41, 5.74) is 0. The number of aliphatic hydroxyl groups excluding tert-OH is 5. The summed E-state index contributed by atoms with van der Waals surface area (Å²) < 4.78 is 6.24. The van der Waals surface area contributed by atoms with E-state index >= 15 is 0 Å². The van der Waals surface area contributed by atoms with Gasteiger partial charge < -0.3 is 35.2 Å². The van der Waals surface area contributed by atoms with E-state index in [0.717, 1.165) is 63.5 Å². The lowest BCUT2D eigenvalue weighted by Crippen LogP contribution is -2.26. The molecule has 1 heterocycles. The van der Waals surface area contributed by atoms with Crippen molar-refractivity contribution >= 4 is 0 Å². The molecule has 0 spiro atoms. The van der Waals surface area contributed by atoms with Gasteiger partial charge in [-0.2, -0.15) is 0 Å². The summed E-state index contributed by atoms with van der Waals surface area (Å²) in [4.78, 5) is 2.53. The summed E-state index contributed by atoms with van der Waals surface area (Å²) >= 11 is 0. The third kappa shape index (κ3) is 49.7. The molecule has 0 bridgehead atoms. The minimum atomic E-state index is -0.111. The van der Waals surface area contributed by atoms with Gasteiger partial charge in [-0.3, -0.25) is 0 Å². The lowest BCUT2D eigenvalue weighted by molar-refractivity contribution is 0.0274. The van der Waals surface area contributed by atoms with Crippen LogP contribution in [0.15, 0.2) is 0 Å². The van der Waals surface area contributed by atoms with Crippen LogP contribution in [0.25, 0.3) is 0 Å². The molecule has 7 nitrogen and oxygen atoms in total. The van der Waals surface area contributed by atoms with Gasteiger partial charge in [-0.05, 0) is 96.6 Å². The fourth-order valence-electron chi connectivity index (χ4n) is 6.89. The zero-order chi connectivity index (χ0) is 40.0. The fraction of sp³-hybridized carbons (Fsp3) is 1.00. The van der Waals surface area contributed by atoms with Crippen molar-refractivity contribution in [2.75, 3.05) is 52.7 Å². The molecular formula is C46H99NO6. The molecule has 0 aliphatic carbocycles. The number of likely N-dealkylation sites (tertiary alicyclic amines) is 1. The van der Waals surface area contributed by atoms with Crippen LogP contribution in [0.3, 0.4) is 0 Å². The van der Waals surface area contributed by atoms with Crippen LogP contribution in [0.1, 0.15) is 221 Å². The molecule has 7 heteroatoms. The number of unbranched alkanes of at least 4 members (excludes halogenated alkanes) is 13. The fourth-order valence-corrected chi connectivity index (χ4v) is 6.89. The molecule has 1 aliphatic rings. The minimum Gasteiger partial charge on any atom is -0.397 e. The van der Waals surface area contributed by atoms with Crippen molar-refractivity contribution in [3.63, 3.8) is 0 Å². The third-order valence-corrected chi connectivity index (χ3v) is 10.4. The standard InChI is InChI=1S/C21H43NO3.C15H32O.C8H18O.C2H6O/c23-18-11-5-1-3-7-13-21(14-8-4-2-6-12-19-24)25-20-17-22-15-9-10-16-22;1-4-6-8-10-15(11-9-7-5-2)13-12-14(3)16;1-3-4-5-8(2)6-7-9;1-2-3/h21,23-24H,1-20H2;14-16H,4-13H2,1-3H3;8-9H,3-7H2,1-2H3;3H,2H2,1H3. The molecule has 5 N–H and O–H groups in total. The molecule has 1 saturated heterocycles. The van der Waals surface area contributed by atoms with Crippen molar-refractivity contribution < 1.29 is 30.3 Å². The summed E-state index contributed by atoms with van der Waals surface area (Å²) in [6, 6.07) is 0. The molecule has 0 amide bonds. The highest BCUT2D eigenvalue weighted by molar-refractivity contribution is 4.67. The van der Waals surface area contributed by atoms with Gasteiger partial charge in [-0.15, -0.1) is 0 Å². The normalized spacial score (nSPS) is 14.0. The van der Waals surface area contributed by atoms with Crippen LogP contribution in [-0.2, 0) is 4.74 Å². The molecule has 53 heavy (non-hydrogen) atoms. The number of hydrogen-bond donors (Lipinski definition) is 5. The average molecular weight is 762 g/mol. The Balaban J connectivity index is -0.000000760. The maximum Gasteiger partial charge on any atom is 0.0597 e. The van der Waals surface area contributed by atoms with Gasteiger partial charge in [0.05, 0.1) is 18.8 Å². The van der Waals surface area contributed by atoms with Crippen LogP contribution >= 0.6 is 0 Å². The van der Waals surface area contributed by atoms with Gasteiger partial charge in [0.1, 0.15) is 0 Å². The van der Waals surface area contributed by atoms with Gasteiger partial charge in [-0.1, -0.05) is 150 Å². The van der Waals surface area contributed by atoms with E-state index in [9.17, 15) is 5.11 Å². The van der Waals surface area contributed by atoms with Crippen LogP contribution < -0.4 is 0 Å². The lowest BCUT2D eigenvalue weighted by atomic mass is 9.90. The Morgan fingerprint density at radius 3 is 1.38 bits per heavy atom. The molecule has 1 rings (SSSR count). The molecule has 0 aromatic heterocycles. The zero-order valence-electron chi connectivity index (χ0n) is 36.9. The average Bonchev–Trinajstić information content (AvgIpc) is 3.67. The second kappa shape index (κ2) is 49.7. The number of aliphatic hydroxyl groups is 5. The monoisotopic (exact) mass is 762 g/mol. The van der Waals surface area contributed by atoms with Crippen molar-refractivity contribution in [2.45, 2.75) is 234 Å². The van der Waals surface area contributed by atoms with Crippen LogP contribution in [0.5, 0.6) is 0 Å². The number of hydrogen-bond acceptors (Lipinski definition) is 7. The van der Waals surface area contributed by atoms with Crippen molar-refractivity contribution in [2.24, 2.45) is 11.8 Å². The van der Waals surface area contributed by atoms with Crippen LogP contribution in [0.4, 0.5) is 0 Å². The number of nitrogens with zero attached hydrogens (tertiary/aromatic N) is 1. The summed E-state index contributed by atoms with van der Waals surface area (Å²) in [6.07, 6.45) is 35.1. The van der Waals surface area contributed by atoms with Crippen molar-refractivity contribution in [3.05, 3.63) is 0 Å². The SMILES string of the molecule is CCCCC(C)CCO.CCCCCC(CCCCC)CCC(C)O.CCO.OCCCCCCCC(CCCCCCCO)OCCN1CCCC1. The predicted octanol–water partition coefficient (Wildman–Crippen LogP) is 11.3. The van der Waals surface area contributed by atoms with E-state index in [1.54, 1.807) is 6.92 Å². The number of ether oxygens (including phenoxy) is 1. The molecule has 0 aromatic carbocycles. The van der Waals surface area contributed by atoms with Gasteiger partial charge in [0.25, 0.3) is 0 Å². The molecule has 0 saturated carbocycles. The quantitative estimate of drug-likeness (QED) is 0.0415. The Kier molecular flexibility index (Phi) is 53.5. The Bertz CT molecular complexity index is 593. The van der Waals surface area contributed by atoms with E-state index in [1.807, 2.05) is 6.92 Å². The molecule has 2 unspecified atom stereocenters. The smallest absolute Gasteiger partial charge is 0.0597 e. The van der Waals surface area contributed by atoms with Gasteiger partial charge in [0.15, 0.2) is 0 Å². The highest BCUT2D eigenvalue weighted by atomic mass is 16.5. The summed E-state index contributed by atoms with van der Waals surface area (Å²) in [5.74, 6) is 1.59. The maximum atomic E-state index is 9.34. The Labute approximate surface area is 332 Å². The third-order valence-electron chi connectivity index (χ3n) is 10.4. The van der Waals surface area contributed by atoms with Crippen molar-refractivity contribution in [3.8, 4) is 0 Å². The van der Waals surface area contributed by atoms with E-state index in [1.165, 1.54) is 154 Å². The highest BCUT2D eigenvalue weighted by Gasteiger charge is 2.14. The van der Waals surface area contributed by atoms with Crippen molar-refractivity contribution in [1.29, 1.82) is 0 Å². The van der Waals surface area contributed by atoms with Crippen LogP contribution in [0.2, 0.25) is 0 Å². The van der Waals surface area contributed by atoms with Gasteiger partial charge in [0.2, 0.25) is 0 Å². The molecule has 0 aromatic rings. The Morgan fingerprint density at radius 2 is 0.943 bits per heavy atom. The molecular weight excluding hydrogens is 663 g/mol. The molecule has 1 fully saturated rings. The van der Waals surface area contributed by atoms with E-state index in [0.29, 0.717) is 25.9 Å². The van der Waals surface area contributed by atoms with Gasteiger partial charge in [-0.25, -0.2) is 0 Å². The molecule has 0 radical (unpaired) electrons. The second-order valence-electron chi connectivity index (χ2n) is 16.0. The van der Waals surface area contributed by atoms with E-state index < -0.39 is 0 Å². The van der Waals surface area contributed by atoms with E-state index in [2.05, 4.69) is 32.6 Å². The number of rotatable bonds is 34. The van der Waals surface area contributed by atoms with Crippen LogP contribution in [0, 0.1) is 11.8 Å². The Morgan fingerprint density at radius 1 is 0.491 bits per heavy atom. The summed E-state index contributed by atoms with van der Waals surface area (Å²) in [7, 11) is 0. The minimum absolute atomic E-state index is 0.111. The first-order valence-corrected chi connectivity index (χ1v) is 23.2. The first kappa shape index (κ1) is 57.0. The highest BCUT2D eigenvalue weighted by Crippen LogP contribution is 2.23. The maximum absolute atomic E-state index is 9.34. The Hall–Kier alpha value is -0.280. The molecule has 324 valence electrons. The zero-order valence-corrected chi connectivity index (χ0v) is 36.9. The first-order valence-electron chi connectivity index (χ1n) is 23.2. The van der Waals surface area contributed by atoms with Gasteiger partial charge >= 0.3 is 0 Å². The molecule has 1 aliphatic heterocycles. The predicted molar refractivity (Wildman–Crippen MR) is 231 cm³/mol. The lowest BCUT2D eigenvalue weighted by Gasteiger charge is -2.21. The first-order chi connectivity index (χ1) is 25.8. The second-order valence-corrected chi connectivity index (χ2v) is 16.0.